The molecule has 0 spiro atoms. The minimum atomic E-state index is 0.611. The van der Waals surface area contributed by atoms with Crippen LogP contribution in [0.5, 0.6) is 0 Å². The SMILES string of the molecule is CCNC(=NCc1nccn1CC(C)C)N1CCC(CN(CC)CC)C1. The average molecular weight is 363 g/mol. The predicted molar refractivity (Wildman–Crippen MR) is 109 cm³/mol. The molecule has 1 unspecified atom stereocenters. The van der Waals surface area contributed by atoms with Crippen LogP contribution in [0.2, 0.25) is 0 Å². The van der Waals surface area contributed by atoms with E-state index < -0.39 is 0 Å². The lowest BCUT2D eigenvalue weighted by atomic mass is 10.1. The van der Waals surface area contributed by atoms with Gasteiger partial charge in [-0.2, -0.15) is 0 Å². The van der Waals surface area contributed by atoms with E-state index in [-0.39, 0.29) is 0 Å². The number of nitrogens with one attached hydrogen (secondary N) is 1. The molecule has 0 amide bonds. The third-order valence-corrected chi connectivity index (χ3v) is 5.06. The highest BCUT2D eigenvalue weighted by Gasteiger charge is 2.26. The van der Waals surface area contributed by atoms with E-state index in [9.17, 15) is 0 Å². The Bertz CT molecular complexity index is 546. The van der Waals surface area contributed by atoms with Crippen LogP contribution in [0.4, 0.5) is 0 Å². The summed E-state index contributed by atoms with van der Waals surface area (Å²) in [5.41, 5.74) is 0. The number of aromatic nitrogens is 2. The van der Waals surface area contributed by atoms with Crippen LogP contribution >= 0.6 is 0 Å². The van der Waals surface area contributed by atoms with Gasteiger partial charge in [0.2, 0.25) is 0 Å². The Labute approximate surface area is 159 Å². The summed E-state index contributed by atoms with van der Waals surface area (Å²) in [7, 11) is 0. The van der Waals surface area contributed by atoms with Crippen molar-refractivity contribution in [3.8, 4) is 0 Å². The molecule has 0 aromatic carbocycles. The highest BCUT2D eigenvalue weighted by Crippen LogP contribution is 2.18. The van der Waals surface area contributed by atoms with Gasteiger partial charge >= 0.3 is 0 Å². The van der Waals surface area contributed by atoms with Crippen molar-refractivity contribution in [1.29, 1.82) is 0 Å². The van der Waals surface area contributed by atoms with Crippen LogP contribution in [-0.4, -0.2) is 64.6 Å². The van der Waals surface area contributed by atoms with E-state index in [4.69, 9.17) is 4.99 Å². The van der Waals surface area contributed by atoms with Crippen LogP contribution in [0.15, 0.2) is 17.4 Å². The lowest BCUT2D eigenvalue weighted by molar-refractivity contribution is 0.255. The molecule has 26 heavy (non-hydrogen) atoms. The largest absolute Gasteiger partial charge is 0.357 e. The molecule has 1 saturated heterocycles. The third kappa shape index (κ3) is 6.01. The highest BCUT2D eigenvalue weighted by atomic mass is 15.3. The highest BCUT2D eigenvalue weighted by molar-refractivity contribution is 5.80. The fourth-order valence-electron chi connectivity index (χ4n) is 3.64. The summed E-state index contributed by atoms with van der Waals surface area (Å²) < 4.78 is 2.23. The third-order valence-electron chi connectivity index (χ3n) is 5.06. The standard InChI is InChI=1S/C20H38N6/c1-6-21-20(23-13-19-22-10-12-25(19)14-17(4)5)26-11-9-18(16-26)15-24(7-2)8-3/h10,12,17-18H,6-9,11,13-16H2,1-5H3,(H,21,23). The number of rotatable bonds is 9. The Morgan fingerprint density at radius 1 is 1.35 bits per heavy atom. The van der Waals surface area contributed by atoms with Crippen LogP contribution in [0.25, 0.3) is 0 Å². The molecule has 1 aromatic rings. The Kier molecular flexibility index (Phi) is 8.42. The van der Waals surface area contributed by atoms with Crippen molar-refractivity contribution in [2.75, 3.05) is 39.3 Å². The molecule has 2 heterocycles. The minimum Gasteiger partial charge on any atom is -0.357 e. The minimum absolute atomic E-state index is 0.611. The van der Waals surface area contributed by atoms with Crippen molar-refractivity contribution in [2.24, 2.45) is 16.8 Å². The monoisotopic (exact) mass is 362 g/mol. The van der Waals surface area contributed by atoms with E-state index in [1.54, 1.807) is 0 Å². The molecule has 1 atom stereocenters. The van der Waals surface area contributed by atoms with Gasteiger partial charge in [0.05, 0.1) is 0 Å². The first kappa shape index (κ1) is 20.7. The van der Waals surface area contributed by atoms with Gasteiger partial charge in [-0.15, -0.1) is 0 Å². The first-order valence-corrected chi connectivity index (χ1v) is 10.3. The first-order chi connectivity index (χ1) is 12.6. The molecule has 0 radical (unpaired) electrons. The summed E-state index contributed by atoms with van der Waals surface area (Å²) in [4.78, 5) is 14.4. The van der Waals surface area contributed by atoms with Crippen molar-refractivity contribution >= 4 is 5.96 Å². The van der Waals surface area contributed by atoms with E-state index in [1.165, 1.54) is 13.0 Å². The number of likely N-dealkylation sites (tertiary alicyclic amines) is 1. The van der Waals surface area contributed by atoms with Crippen molar-refractivity contribution in [3.63, 3.8) is 0 Å². The second-order valence-corrected chi connectivity index (χ2v) is 7.65. The molecule has 1 fully saturated rings. The summed E-state index contributed by atoms with van der Waals surface area (Å²) in [6.07, 6.45) is 5.20. The van der Waals surface area contributed by atoms with E-state index in [1.807, 2.05) is 6.20 Å². The summed E-state index contributed by atoms with van der Waals surface area (Å²) >= 11 is 0. The molecule has 6 heteroatoms. The zero-order valence-corrected chi connectivity index (χ0v) is 17.4. The smallest absolute Gasteiger partial charge is 0.194 e. The Morgan fingerprint density at radius 2 is 2.12 bits per heavy atom. The molecule has 0 bridgehead atoms. The lowest BCUT2D eigenvalue weighted by Crippen LogP contribution is -2.41. The van der Waals surface area contributed by atoms with Gasteiger partial charge in [0, 0.05) is 45.1 Å². The second kappa shape index (κ2) is 10.6. The maximum Gasteiger partial charge on any atom is 0.194 e. The van der Waals surface area contributed by atoms with E-state index in [0.717, 1.165) is 57.0 Å². The van der Waals surface area contributed by atoms with Gasteiger partial charge in [-0.05, 0) is 38.3 Å². The molecule has 0 aliphatic carbocycles. The number of hydrogen-bond acceptors (Lipinski definition) is 3. The van der Waals surface area contributed by atoms with Crippen LogP contribution < -0.4 is 5.32 Å². The maximum absolute atomic E-state index is 4.89. The molecule has 1 aliphatic rings. The van der Waals surface area contributed by atoms with E-state index >= 15 is 0 Å². The quantitative estimate of drug-likeness (QED) is 0.542. The van der Waals surface area contributed by atoms with Gasteiger partial charge in [-0.1, -0.05) is 27.7 Å². The maximum atomic E-state index is 4.89. The fourth-order valence-corrected chi connectivity index (χ4v) is 3.64. The van der Waals surface area contributed by atoms with Crippen molar-refractivity contribution in [1.82, 2.24) is 24.7 Å². The zero-order chi connectivity index (χ0) is 18.9. The van der Waals surface area contributed by atoms with Gasteiger partial charge in [0.25, 0.3) is 0 Å². The van der Waals surface area contributed by atoms with Crippen LogP contribution in [-0.2, 0) is 13.1 Å². The summed E-state index contributed by atoms with van der Waals surface area (Å²) in [5.74, 6) is 3.43. The Balaban J connectivity index is 1.98. The molecule has 1 aliphatic heterocycles. The number of imidazole rings is 1. The van der Waals surface area contributed by atoms with E-state index in [0.29, 0.717) is 12.5 Å². The molecule has 0 saturated carbocycles. The molecule has 2 rings (SSSR count). The molecule has 6 nitrogen and oxygen atoms in total. The predicted octanol–water partition coefficient (Wildman–Crippen LogP) is 2.67. The normalized spacial score (nSPS) is 18.3. The zero-order valence-electron chi connectivity index (χ0n) is 17.4. The van der Waals surface area contributed by atoms with Gasteiger partial charge in [0.15, 0.2) is 5.96 Å². The van der Waals surface area contributed by atoms with Gasteiger partial charge in [-0.3, -0.25) is 0 Å². The Hall–Kier alpha value is -1.56. The number of guanidine groups is 1. The summed E-state index contributed by atoms with van der Waals surface area (Å²) in [5, 5.41) is 3.47. The number of aliphatic imine (C=N–C) groups is 1. The van der Waals surface area contributed by atoms with Crippen molar-refractivity contribution in [2.45, 2.75) is 54.1 Å². The van der Waals surface area contributed by atoms with Gasteiger partial charge in [0.1, 0.15) is 12.4 Å². The van der Waals surface area contributed by atoms with Crippen LogP contribution in [0.3, 0.4) is 0 Å². The van der Waals surface area contributed by atoms with Gasteiger partial charge < -0.3 is 19.7 Å². The Morgan fingerprint density at radius 3 is 2.77 bits per heavy atom. The van der Waals surface area contributed by atoms with Gasteiger partial charge in [-0.25, -0.2) is 9.98 Å². The van der Waals surface area contributed by atoms with Crippen molar-refractivity contribution < 1.29 is 0 Å². The lowest BCUT2D eigenvalue weighted by Gasteiger charge is -2.24. The number of hydrogen-bond donors (Lipinski definition) is 1. The van der Waals surface area contributed by atoms with E-state index in [2.05, 4.69) is 65.5 Å². The topological polar surface area (TPSA) is 48.7 Å². The van der Waals surface area contributed by atoms with Crippen molar-refractivity contribution in [3.05, 3.63) is 18.2 Å². The number of nitrogens with zero attached hydrogens (tertiary/aromatic N) is 5. The summed E-state index contributed by atoms with van der Waals surface area (Å²) in [6.45, 7) is 19.3. The molecule has 1 aromatic heterocycles. The molecule has 148 valence electrons. The van der Waals surface area contributed by atoms with Crippen LogP contribution in [0, 0.1) is 11.8 Å². The molecular weight excluding hydrogens is 324 g/mol. The second-order valence-electron chi connectivity index (χ2n) is 7.65. The first-order valence-electron chi connectivity index (χ1n) is 10.3. The molecular formula is C20H38N6. The average Bonchev–Trinajstić information content (AvgIpc) is 3.25. The summed E-state index contributed by atoms with van der Waals surface area (Å²) in [6, 6.07) is 0. The fraction of sp³-hybridized carbons (Fsp3) is 0.800. The van der Waals surface area contributed by atoms with Crippen LogP contribution in [0.1, 0.15) is 46.9 Å². The molecule has 1 N–H and O–H groups in total.